The Labute approximate surface area is 222 Å². The number of hydrogen-bond acceptors (Lipinski definition) is 4. The fourth-order valence-electron chi connectivity index (χ4n) is 5.58. The van der Waals surface area contributed by atoms with E-state index in [1.807, 2.05) is 37.3 Å². The fourth-order valence-corrected chi connectivity index (χ4v) is 5.58. The van der Waals surface area contributed by atoms with Crippen molar-refractivity contribution in [2.45, 2.75) is 51.0 Å². The maximum absolute atomic E-state index is 13.7. The molecule has 0 spiro atoms. The van der Waals surface area contributed by atoms with Crippen LogP contribution in [0.3, 0.4) is 0 Å². The number of nitrogens with one attached hydrogen (secondary N) is 2. The Morgan fingerprint density at radius 2 is 1.79 bits per heavy atom. The van der Waals surface area contributed by atoms with Crippen molar-refractivity contribution in [2.24, 2.45) is 0 Å². The van der Waals surface area contributed by atoms with Gasteiger partial charge in [-0.05, 0) is 79.8 Å². The van der Waals surface area contributed by atoms with Crippen molar-refractivity contribution >= 4 is 27.6 Å². The SMILES string of the molecule is Cc1cc(N[C@H]2CC[C@H](NCc3cn(-c4ncccc4C(F)(F)F)c4ccccc34)C2)nc2ccc(F)cc12. The van der Waals surface area contributed by atoms with Crippen LogP contribution in [0.2, 0.25) is 0 Å². The first kappa shape index (κ1) is 25.3. The van der Waals surface area contributed by atoms with Gasteiger partial charge in [-0.3, -0.25) is 0 Å². The number of fused-ring (bicyclic) bond motifs is 2. The molecule has 200 valence electrons. The van der Waals surface area contributed by atoms with Crippen LogP contribution in [0.5, 0.6) is 0 Å². The Morgan fingerprint density at radius 1 is 0.974 bits per heavy atom. The minimum absolute atomic E-state index is 0.126. The number of para-hydroxylation sites is 1. The Hall–Kier alpha value is -3.98. The number of pyridine rings is 2. The number of nitrogens with zero attached hydrogens (tertiary/aromatic N) is 3. The topological polar surface area (TPSA) is 54.8 Å². The molecule has 39 heavy (non-hydrogen) atoms. The maximum Gasteiger partial charge on any atom is 0.419 e. The van der Waals surface area contributed by atoms with Gasteiger partial charge in [0.05, 0.1) is 16.6 Å². The van der Waals surface area contributed by atoms with Crippen molar-refractivity contribution in [2.75, 3.05) is 5.32 Å². The van der Waals surface area contributed by atoms with Crippen LogP contribution in [0.1, 0.15) is 36.0 Å². The van der Waals surface area contributed by atoms with Crippen LogP contribution in [-0.4, -0.2) is 26.6 Å². The molecular formula is C30H27F4N5. The molecule has 6 rings (SSSR count). The number of alkyl halides is 3. The largest absolute Gasteiger partial charge is 0.419 e. The van der Waals surface area contributed by atoms with Crippen LogP contribution in [0, 0.1) is 12.7 Å². The number of benzene rings is 2. The molecule has 3 aromatic heterocycles. The van der Waals surface area contributed by atoms with Crippen LogP contribution < -0.4 is 10.6 Å². The quantitative estimate of drug-likeness (QED) is 0.227. The van der Waals surface area contributed by atoms with Gasteiger partial charge in [0.15, 0.2) is 0 Å². The van der Waals surface area contributed by atoms with Crippen LogP contribution in [-0.2, 0) is 12.7 Å². The number of aryl methyl sites for hydroxylation is 1. The third-order valence-electron chi connectivity index (χ3n) is 7.46. The molecule has 0 aliphatic heterocycles. The summed E-state index contributed by atoms with van der Waals surface area (Å²) >= 11 is 0. The summed E-state index contributed by atoms with van der Waals surface area (Å²) in [5.74, 6) is 0.372. The number of halogens is 4. The van der Waals surface area contributed by atoms with E-state index in [0.717, 1.165) is 58.6 Å². The second-order valence-electron chi connectivity index (χ2n) is 10.1. The molecule has 9 heteroatoms. The minimum atomic E-state index is -4.51. The van der Waals surface area contributed by atoms with Gasteiger partial charge < -0.3 is 15.2 Å². The standard InChI is InChI=1S/C30H27F4N5/c1-18-13-28(38-26-11-8-20(31)14-24(18)26)37-22-10-9-21(15-22)36-16-19-17-39(27-7-3-2-5-23(19)27)29-25(30(32,33)34)6-4-12-35-29/h2-8,11-14,17,21-22,36H,9-10,15-16H2,1H3,(H,37,38)/t21-,22-/m0/s1. The van der Waals surface area contributed by atoms with Crippen molar-refractivity contribution in [3.63, 3.8) is 0 Å². The third-order valence-corrected chi connectivity index (χ3v) is 7.46. The summed E-state index contributed by atoms with van der Waals surface area (Å²) in [7, 11) is 0. The molecule has 0 radical (unpaired) electrons. The van der Waals surface area contributed by atoms with E-state index in [2.05, 4.69) is 20.6 Å². The van der Waals surface area contributed by atoms with E-state index >= 15 is 0 Å². The number of rotatable bonds is 6. The first-order chi connectivity index (χ1) is 18.8. The van der Waals surface area contributed by atoms with E-state index in [1.165, 1.54) is 29.0 Å². The van der Waals surface area contributed by atoms with E-state index in [9.17, 15) is 17.6 Å². The molecule has 5 aromatic rings. The zero-order chi connectivity index (χ0) is 27.1. The third kappa shape index (κ3) is 5.06. The predicted octanol–water partition coefficient (Wildman–Crippen LogP) is 7.16. The van der Waals surface area contributed by atoms with E-state index in [4.69, 9.17) is 0 Å². The van der Waals surface area contributed by atoms with Gasteiger partial charge in [-0.25, -0.2) is 14.4 Å². The highest BCUT2D eigenvalue weighted by molar-refractivity contribution is 5.86. The van der Waals surface area contributed by atoms with Crippen molar-refractivity contribution in [3.8, 4) is 5.82 Å². The van der Waals surface area contributed by atoms with Gasteiger partial charge in [-0.1, -0.05) is 18.2 Å². The maximum atomic E-state index is 13.7. The number of aromatic nitrogens is 3. The second-order valence-corrected chi connectivity index (χ2v) is 10.1. The van der Waals surface area contributed by atoms with Crippen molar-refractivity contribution in [3.05, 3.63) is 95.6 Å². The van der Waals surface area contributed by atoms with Crippen LogP contribution in [0.15, 0.2) is 73.1 Å². The van der Waals surface area contributed by atoms with Gasteiger partial charge in [-0.15, -0.1) is 0 Å². The van der Waals surface area contributed by atoms with Gasteiger partial charge in [0.1, 0.15) is 17.5 Å². The monoisotopic (exact) mass is 533 g/mol. The zero-order valence-corrected chi connectivity index (χ0v) is 21.3. The molecule has 2 N–H and O–H groups in total. The molecule has 0 saturated heterocycles. The molecule has 2 aromatic carbocycles. The summed E-state index contributed by atoms with van der Waals surface area (Å²) in [5.41, 5.74) is 2.55. The molecule has 5 nitrogen and oxygen atoms in total. The highest BCUT2D eigenvalue weighted by atomic mass is 19.4. The Morgan fingerprint density at radius 3 is 2.64 bits per heavy atom. The molecular weight excluding hydrogens is 506 g/mol. The normalized spacial score (nSPS) is 17.8. The predicted molar refractivity (Wildman–Crippen MR) is 144 cm³/mol. The Kier molecular flexibility index (Phi) is 6.46. The summed E-state index contributed by atoms with van der Waals surface area (Å²) in [5, 5.41) is 8.83. The first-order valence-electron chi connectivity index (χ1n) is 12.9. The average Bonchev–Trinajstić information content (AvgIpc) is 3.52. The van der Waals surface area contributed by atoms with Gasteiger partial charge >= 0.3 is 6.18 Å². The van der Waals surface area contributed by atoms with Crippen LogP contribution >= 0.6 is 0 Å². The highest BCUT2D eigenvalue weighted by Crippen LogP contribution is 2.35. The lowest BCUT2D eigenvalue weighted by molar-refractivity contribution is -0.137. The number of hydrogen-bond donors (Lipinski definition) is 2. The molecule has 2 atom stereocenters. The summed E-state index contributed by atoms with van der Waals surface area (Å²) < 4.78 is 56.3. The minimum Gasteiger partial charge on any atom is -0.367 e. The van der Waals surface area contributed by atoms with Crippen molar-refractivity contribution in [1.82, 2.24) is 19.9 Å². The average molecular weight is 534 g/mol. The highest BCUT2D eigenvalue weighted by Gasteiger charge is 2.35. The van der Waals surface area contributed by atoms with Crippen LogP contribution in [0.25, 0.3) is 27.6 Å². The molecule has 1 fully saturated rings. The molecule has 3 heterocycles. The number of anilines is 1. The lowest BCUT2D eigenvalue weighted by atomic mass is 10.1. The van der Waals surface area contributed by atoms with Gasteiger partial charge in [0.25, 0.3) is 0 Å². The summed E-state index contributed by atoms with van der Waals surface area (Å²) in [6.45, 7) is 2.48. The van der Waals surface area contributed by atoms with E-state index in [1.54, 1.807) is 12.3 Å². The zero-order valence-electron chi connectivity index (χ0n) is 21.3. The summed E-state index contributed by atoms with van der Waals surface area (Å²) in [4.78, 5) is 8.75. The molecule has 1 saturated carbocycles. The molecule has 0 unspecified atom stereocenters. The first-order valence-corrected chi connectivity index (χ1v) is 12.9. The van der Waals surface area contributed by atoms with Gasteiger partial charge in [0, 0.05) is 41.8 Å². The van der Waals surface area contributed by atoms with Crippen LogP contribution in [0.4, 0.5) is 23.4 Å². The van der Waals surface area contributed by atoms with Crippen molar-refractivity contribution in [1.29, 1.82) is 0 Å². The Balaban J connectivity index is 1.17. The fraction of sp³-hybridized carbons (Fsp3) is 0.267. The van der Waals surface area contributed by atoms with Gasteiger partial charge in [0.2, 0.25) is 0 Å². The van der Waals surface area contributed by atoms with E-state index < -0.39 is 11.7 Å². The molecule has 1 aliphatic rings. The Bertz CT molecular complexity index is 1660. The van der Waals surface area contributed by atoms with Gasteiger partial charge in [-0.2, -0.15) is 13.2 Å². The van der Waals surface area contributed by atoms with Crippen molar-refractivity contribution < 1.29 is 17.6 Å². The summed E-state index contributed by atoms with van der Waals surface area (Å²) in [6, 6.07) is 16.9. The second kappa shape index (κ2) is 9.96. The van der Waals surface area contributed by atoms with E-state index in [0.29, 0.717) is 12.1 Å². The molecule has 0 bridgehead atoms. The molecule has 0 amide bonds. The summed E-state index contributed by atoms with van der Waals surface area (Å²) in [6.07, 6.45) is 1.45. The lowest BCUT2D eigenvalue weighted by Crippen LogP contribution is -2.27. The van der Waals surface area contributed by atoms with E-state index in [-0.39, 0.29) is 23.7 Å². The molecule has 1 aliphatic carbocycles. The lowest BCUT2D eigenvalue weighted by Gasteiger charge is -2.16. The smallest absolute Gasteiger partial charge is 0.367 e.